The Morgan fingerprint density at radius 2 is 2.20 bits per heavy atom. The molecule has 6 heteroatoms. The van der Waals surface area contributed by atoms with Gasteiger partial charge in [-0.25, -0.2) is 4.99 Å². The standard InChI is InChI=1S/C19H28N4O.HI/c1-16(2)14-21-19(20-9-7-18-6-5-13-24-18)23-12-8-17(15-23)22-10-3-4-11-22;/h3-6,13,17H,1,7-12,14-15H2,2H3,(H,20,21);1H. The molecule has 0 amide bonds. The lowest BCUT2D eigenvalue weighted by atomic mass is 10.2. The van der Waals surface area contributed by atoms with E-state index in [1.54, 1.807) is 6.26 Å². The van der Waals surface area contributed by atoms with Crippen molar-refractivity contribution < 1.29 is 4.42 Å². The van der Waals surface area contributed by atoms with Crippen LogP contribution in [0, 0.1) is 0 Å². The van der Waals surface area contributed by atoms with E-state index in [1.807, 2.05) is 19.1 Å². The lowest BCUT2D eigenvalue weighted by Crippen LogP contribution is -2.43. The molecule has 1 N–H and O–H groups in total. The molecule has 138 valence electrons. The van der Waals surface area contributed by atoms with Crippen LogP contribution in [0.2, 0.25) is 0 Å². The molecule has 1 atom stereocenters. The number of rotatable bonds is 6. The fourth-order valence-corrected chi connectivity index (χ4v) is 3.25. The van der Waals surface area contributed by atoms with Crippen molar-refractivity contribution in [2.45, 2.75) is 25.8 Å². The van der Waals surface area contributed by atoms with Crippen molar-refractivity contribution in [3.05, 3.63) is 48.5 Å². The van der Waals surface area contributed by atoms with Crippen molar-refractivity contribution in [3.8, 4) is 0 Å². The molecule has 3 rings (SSSR count). The molecule has 0 radical (unpaired) electrons. The van der Waals surface area contributed by atoms with E-state index in [2.05, 4.69) is 33.8 Å². The molecular weight excluding hydrogens is 427 g/mol. The lowest BCUT2D eigenvalue weighted by molar-refractivity contribution is 0.259. The summed E-state index contributed by atoms with van der Waals surface area (Å²) in [5, 5.41) is 3.51. The number of hydrogen-bond donors (Lipinski definition) is 1. The molecule has 0 aliphatic carbocycles. The molecule has 1 unspecified atom stereocenters. The molecule has 0 spiro atoms. The summed E-state index contributed by atoms with van der Waals surface area (Å²) in [6.45, 7) is 11.8. The predicted molar refractivity (Wildman–Crippen MR) is 114 cm³/mol. The molecule has 5 nitrogen and oxygen atoms in total. The van der Waals surface area contributed by atoms with E-state index in [9.17, 15) is 0 Å². The van der Waals surface area contributed by atoms with Crippen LogP contribution in [-0.2, 0) is 6.42 Å². The number of likely N-dealkylation sites (tertiary alicyclic amines) is 1. The minimum atomic E-state index is 0. The van der Waals surface area contributed by atoms with Crippen molar-refractivity contribution in [1.29, 1.82) is 0 Å². The van der Waals surface area contributed by atoms with Crippen LogP contribution in [0.5, 0.6) is 0 Å². The van der Waals surface area contributed by atoms with Gasteiger partial charge in [-0.15, -0.1) is 24.0 Å². The fourth-order valence-electron chi connectivity index (χ4n) is 3.25. The summed E-state index contributed by atoms with van der Waals surface area (Å²) in [5.41, 5.74) is 1.08. The topological polar surface area (TPSA) is 44.0 Å². The maximum absolute atomic E-state index is 5.40. The number of furan rings is 1. The number of aliphatic imine (C=N–C) groups is 1. The lowest BCUT2D eigenvalue weighted by Gasteiger charge is -2.25. The Morgan fingerprint density at radius 3 is 2.88 bits per heavy atom. The smallest absolute Gasteiger partial charge is 0.194 e. The average Bonchev–Trinajstić information content (AvgIpc) is 3.32. The minimum absolute atomic E-state index is 0. The van der Waals surface area contributed by atoms with Gasteiger partial charge in [-0.2, -0.15) is 0 Å². The molecule has 1 saturated heterocycles. The number of halogens is 1. The Kier molecular flexibility index (Phi) is 8.02. The van der Waals surface area contributed by atoms with Crippen LogP contribution in [0.25, 0.3) is 0 Å². The van der Waals surface area contributed by atoms with Crippen LogP contribution < -0.4 is 5.32 Å². The highest BCUT2D eigenvalue weighted by Crippen LogP contribution is 2.18. The Morgan fingerprint density at radius 1 is 1.40 bits per heavy atom. The van der Waals surface area contributed by atoms with Gasteiger partial charge >= 0.3 is 0 Å². The van der Waals surface area contributed by atoms with Gasteiger partial charge in [-0.3, -0.25) is 4.90 Å². The van der Waals surface area contributed by atoms with Crippen molar-refractivity contribution in [2.75, 3.05) is 39.3 Å². The van der Waals surface area contributed by atoms with Gasteiger partial charge in [0.25, 0.3) is 0 Å². The average molecular weight is 456 g/mol. The van der Waals surface area contributed by atoms with Crippen LogP contribution >= 0.6 is 24.0 Å². The second kappa shape index (κ2) is 10.0. The zero-order valence-electron chi connectivity index (χ0n) is 15.0. The zero-order chi connectivity index (χ0) is 16.8. The third-order valence-corrected chi connectivity index (χ3v) is 4.56. The van der Waals surface area contributed by atoms with E-state index in [0.29, 0.717) is 12.6 Å². The summed E-state index contributed by atoms with van der Waals surface area (Å²) >= 11 is 0. The normalized spacial score (nSPS) is 20.8. The second-order valence-corrected chi connectivity index (χ2v) is 6.67. The third-order valence-electron chi connectivity index (χ3n) is 4.56. The zero-order valence-corrected chi connectivity index (χ0v) is 17.3. The van der Waals surface area contributed by atoms with Crippen molar-refractivity contribution >= 4 is 29.9 Å². The first-order valence-corrected chi connectivity index (χ1v) is 8.81. The Labute approximate surface area is 167 Å². The van der Waals surface area contributed by atoms with Crippen LogP contribution in [0.1, 0.15) is 19.1 Å². The molecule has 0 aromatic carbocycles. The molecular formula is C19H29IN4O. The van der Waals surface area contributed by atoms with Gasteiger partial charge in [0.15, 0.2) is 5.96 Å². The maximum atomic E-state index is 5.40. The van der Waals surface area contributed by atoms with Crippen LogP contribution in [-0.4, -0.2) is 61.1 Å². The summed E-state index contributed by atoms with van der Waals surface area (Å²) in [6.07, 6.45) is 8.32. The number of nitrogens with one attached hydrogen (secondary N) is 1. The first-order chi connectivity index (χ1) is 11.7. The SMILES string of the molecule is C=C(C)CN=C(NCCc1ccco1)N1CCC(N2CC=CC2)C1.I. The van der Waals surface area contributed by atoms with Gasteiger partial charge in [0.2, 0.25) is 0 Å². The van der Waals surface area contributed by atoms with Crippen molar-refractivity contribution in [3.63, 3.8) is 0 Å². The number of nitrogens with zero attached hydrogens (tertiary/aromatic N) is 3. The van der Waals surface area contributed by atoms with E-state index in [-0.39, 0.29) is 24.0 Å². The minimum Gasteiger partial charge on any atom is -0.469 e. The molecule has 3 heterocycles. The summed E-state index contributed by atoms with van der Waals surface area (Å²) in [6, 6.07) is 4.57. The van der Waals surface area contributed by atoms with Crippen molar-refractivity contribution in [2.24, 2.45) is 4.99 Å². The molecule has 25 heavy (non-hydrogen) atoms. The highest BCUT2D eigenvalue weighted by molar-refractivity contribution is 14.0. The quantitative estimate of drug-likeness (QED) is 0.310. The summed E-state index contributed by atoms with van der Waals surface area (Å²) in [5.74, 6) is 2.00. The summed E-state index contributed by atoms with van der Waals surface area (Å²) in [4.78, 5) is 9.68. The molecule has 2 aliphatic rings. The summed E-state index contributed by atoms with van der Waals surface area (Å²) in [7, 11) is 0. The van der Waals surface area contributed by atoms with Gasteiger partial charge < -0.3 is 14.6 Å². The van der Waals surface area contributed by atoms with Gasteiger partial charge in [0.05, 0.1) is 12.8 Å². The Hall–Kier alpha value is -1.28. The van der Waals surface area contributed by atoms with E-state index in [4.69, 9.17) is 9.41 Å². The summed E-state index contributed by atoms with van der Waals surface area (Å²) < 4.78 is 5.40. The van der Waals surface area contributed by atoms with E-state index < -0.39 is 0 Å². The van der Waals surface area contributed by atoms with E-state index in [1.165, 1.54) is 6.42 Å². The maximum Gasteiger partial charge on any atom is 0.194 e. The highest BCUT2D eigenvalue weighted by atomic mass is 127. The van der Waals surface area contributed by atoms with Gasteiger partial charge in [-0.05, 0) is 25.5 Å². The van der Waals surface area contributed by atoms with Crippen LogP contribution in [0.4, 0.5) is 0 Å². The first kappa shape index (κ1) is 20.0. The Balaban J connectivity index is 0.00000225. The predicted octanol–water partition coefficient (Wildman–Crippen LogP) is 2.91. The van der Waals surface area contributed by atoms with Crippen LogP contribution in [0.3, 0.4) is 0 Å². The van der Waals surface area contributed by atoms with E-state index >= 15 is 0 Å². The van der Waals surface area contributed by atoms with Gasteiger partial charge in [0.1, 0.15) is 5.76 Å². The largest absolute Gasteiger partial charge is 0.469 e. The molecule has 1 aromatic heterocycles. The fraction of sp³-hybridized carbons (Fsp3) is 0.526. The van der Waals surface area contributed by atoms with E-state index in [0.717, 1.165) is 56.4 Å². The van der Waals surface area contributed by atoms with Crippen LogP contribution in [0.15, 0.2) is 52.1 Å². The second-order valence-electron chi connectivity index (χ2n) is 6.67. The molecule has 1 aromatic rings. The molecule has 0 saturated carbocycles. The third kappa shape index (κ3) is 5.88. The van der Waals surface area contributed by atoms with Crippen molar-refractivity contribution in [1.82, 2.24) is 15.1 Å². The highest BCUT2D eigenvalue weighted by Gasteiger charge is 2.29. The molecule has 2 aliphatic heterocycles. The molecule has 1 fully saturated rings. The number of hydrogen-bond acceptors (Lipinski definition) is 3. The number of guanidine groups is 1. The monoisotopic (exact) mass is 456 g/mol. The van der Waals surface area contributed by atoms with Gasteiger partial charge in [-0.1, -0.05) is 24.3 Å². The van der Waals surface area contributed by atoms with Gasteiger partial charge in [0, 0.05) is 45.2 Å². The molecule has 0 bridgehead atoms. The first-order valence-electron chi connectivity index (χ1n) is 8.81. The Bertz CT molecular complexity index is 589.